The number of ether oxygens (including phenoxy) is 5. The summed E-state index contributed by atoms with van der Waals surface area (Å²) in [4.78, 5) is 64.3. The van der Waals surface area contributed by atoms with Gasteiger partial charge in [0.15, 0.2) is 11.3 Å². The van der Waals surface area contributed by atoms with Gasteiger partial charge in [0.05, 0.1) is 17.2 Å². The van der Waals surface area contributed by atoms with Crippen LogP contribution in [0, 0.1) is 24.7 Å². The number of aromatic nitrogens is 1. The van der Waals surface area contributed by atoms with Crippen molar-refractivity contribution in [2.24, 2.45) is 17.8 Å². The van der Waals surface area contributed by atoms with Crippen LogP contribution in [-0.4, -0.2) is 59.6 Å². The Bertz CT molecular complexity index is 2800. The molecule has 6 bridgehead atoms. The van der Waals surface area contributed by atoms with E-state index in [1.165, 1.54) is 20.1 Å². The maximum absolute atomic E-state index is 15.5. The number of hydrogen-bond acceptors (Lipinski definition) is 12. The standard InChI is InChI=1S/C51H55N3O10/c1-27-14-12-15-30(4)50(58)53-43-44(56)40-39(42-48(43)62-37-24-35(19-20-36(37)52-42)59-26-34-18-11-10-17-33(34)25-54(8)9)41-47-31(5)46(40)63-38(23-28(2)22-27)45(61-32(6)55)29(3)16-13-21-60-51(7,64-47)49(41)57/h10-15,17-21,24,27-29,38,45H,16,22-23,25-26H2,1-9H3,(H,53,58)/b14-12+,21-13+,30-15-/t27?,28-,29-,38?,45?,51+/m1/s1. The van der Waals surface area contributed by atoms with Crippen LogP contribution >= 0.6 is 0 Å². The number of allylic oxidation sites excluding steroid dienone is 4. The van der Waals surface area contributed by atoms with Crippen LogP contribution in [0.15, 0.2) is 87.8 Å². The Kier molecular flexibility index (Phi) is 12.1. The monoisotopic (exact) mass is 869 g/mol. The largest absolute Gasteiger partial charge is 0.489 e. The lowest BCUT2D eigenvalue weighted by molar-refractivity contribution is -0.155. The lowest BCUT2D eigenvalue weighted by Gasteiger charge is -2.34. The van der Waals surface area contributed by atoms with Crippen LogP contribution in [0.4, 0.5) is 5.69 Å². The molecule has 0 fully saturated rings. The van der Waals surface area contributed by atoms with Gasteiger partial charge in [0.25, 0.3) is 11.7 Å². The van der Waals surface area contributed by atoms with Crippen molar-refractivity contribution in [1.29, 1.82) is 0 Å². The summed E-state index contributed by atoms with van der Waals surface area (Å²) in [5.41, 5.74) is 2.80. The van der Waals surface area contributed by atoms with Crippen LogP contribution in [-0.2, 0) is 32.2 Å². The predicted molar refractivity (Wildman–Crippen MR) is 244 cm³/mol. The van der Waals surface area contributed by atoms with Crippen LogP contribution in [0.3, 0.4) is 0 Å². The molecular weight excluding hydrogens is 815 g/mol. The van der Waals surface area contributed by atoms with Gasteiger partial charge in [0.1, 0.15) is 53.0 Å². The molecule has 334 valence electrons. The van der Waals surface area contributed by atoms with E-state index in [4.69, 9.17) is 33.1 Å². The van der Waals surface area contributed by atoms with Gasteiger partial charge in [-0.15, -0.1) is 0 Å². The van der Waals surface area contributed by atoms with E-state index >= 15 is 4.79 Å². The third kappa shape index (κ3) is 8.48. The molecule has 13 heteroatoms. The Hall–Kier alpha value is -6.47. The Balaban J connectivity index is 1.41. The van der Waals surface area contributed by atoms with Gasteiger partial charge in [-0.2, -0.15) is 0 Å². The van der Waals surface area contributed by atoms with Crippen molar-refractivity contribution in [1.82, 2.24) is 9.88 Å². The Labute approximate surface area is 372 Å². The zero-order valence-electron chi connectivity index (χ0n) is 37.8. The van der Waals surface area contributed by atoms with Crippen LogP contribution < -0.4 is 25.0 Å². The van der Waals surface area contributed by atoms with Crippen molar-refractivity contribution in [3.8, 4) is 28.7 Å². The number of benzene rings is 4. The molecule has 3 unspecified atom stereocenters. The van der Waals surface area contributed by atoms with E-state index in [-0.39, 0.29) is 74.9 Å². The molecular formula is C51H55N3O10. The van der Waals surface area contributed by atoms with E-state index in [1.54, 1.807) is 44.2 Å². The van der Waals surface area contributed by atoms with E-state index in [1.807, 2.05) is 51.4 Å². The van der Waals surface area contributed by atoms with Gasteiger partial charge >= 0.3 is 11.8 Å². The molecule has 3 aromatic carbocycles. The molecule has 6 atom stereocenters. The Morgan fingerprint density at radius 2 is 1.77 bits per heavy atom. The molecule has 13 nitrogen and oxygen atoms in total. The molecule has 1 N–H and O–H groups in total. The number of esters is 1. The van der Waals surface area contributed by atoms with E-state index in [0.717, 1.165) is 24.1 Å². The Morgan fingerprint density at radius 1 is 1.00 bits per heavy atom. The first kappa shape index (κ1) is 44.1. The van der Waals surface area contributed by atoms with Gasteiger partial charge in [-0.25, -0.2) is 4.98 Å². The number of Topliss-reactive ketones (excluding diaryl/α,β-unsaturated/α-hetero) is 1. The molecule has 1 aliphatic carbocycles. The van der Waals surface area contributed by atoms with E-state index < -0.39 is 41.1 Å². The second kappa shape index (κ2) is 17.6. The maximum atomic E-state index is 15.5. The summed E-state index contributed by atoms with van der Waals surface area (Å²) < 4.78 is 38.8. The van der Waals surface area contributed by atoms with Gasteiger partial charge < -0.3 is 38.3 Å². The summed E-state index contributed by atoms with van der Waals surface area (Å²) in [5, 5.41) is 2.96. The minimum atomic E-state index is -1.83. The van der Waals surface area contributed by atoms with Crippen LogP contribution in [0.5, 0.6) is 17.2 Å². The summed E-state index contributed by atoms with van der Waals surface area (Å²) in [6.45, 7) is 13.5. The summed E-state index contributed by atoms with van der Waals surface area (Å²) in [5.74, 6) is -2.85. The van der Waals surface area contributed by atoms with Crippen molar-refractivity contribution in [3.63, 3.8) is 0 Å². The average Bonchev–Trinajstić information content (AvgIpc) is 3.51. The van der Waals surface area contributed by atoms with Crippen molar-refractivity contribution in [3.05, 3.63) is 111 Å². The second-order valence-corrected chi connectivity index (χ2v) is 18.0. The fourth-order valence-corrected chi connectivity index (χ4v) is 9.06. The lowest BCUT2D eigenvalue weighted by Crippen LogP contribution is -2.41. The molecule has 0 saturated carbocycles. The number of hydrogen-bond donors (Lipinski definition) is 1. The number of amides is 1. The number of carbonyl (C=O) groups excluding carboxylic acids is 3. The number of nitrogens with zero attached hydrogens (tertiary/aromatic N) is 2. The van der Waals surface area contributed by atoms with Crippen LogP contribution in [0.2, 0.25) is 0 Å². The SMILES string of the molecule is CC(=O)OC1C2C[C@H](C)CC(C)/C=C/C=C(/C)C(=O)Nc3c4oc5cc(OCc6ccccc6CN(C)C)ccc5nc-4c4c5c(c(C)c(c4c3=O)O2)O[C@](C)(O/C=C/C[C@H]1C)C5=O. The molecule has 8 rings (SSSR count). The van der Waals surface area contributed by atoms with Crippen molar-refractivity contribution < 1.29 is 42.5 Å². The quantitative estimate of drug-likeness (QED) is 0.0982. The predicted octanol–water partition coefficient (Wildman–Crippen LogP) is 9.44. The maximum Gasteiger partial charge on any atom is 0.312 e. The minimum absolute atomic E-state index is 0.0138. The van der Waals surface area contributed by atoms with Gasteiger partial charge in [-0.3, -0.25) is 19.2 Å². The van der Waals surface area contributed by atoms with Gasteiger partial charge in [0.2, 0.25) is 5.43 Å². The van der Waals surface area contributed by atoms with Crippen molar-refractivity contribution in [2.75, 3.05) is 19.4 Å². The van der Waals surface area contributed by atoms with Gasteiger partial charge in [0, 0.05) is 48.9 Å². The normalized spacial score (nSPS) is 25.5. The average molecular weight is 870 g/mol. The summed E-state index contributed by atoms with van der Waals surface area (Å²) in [7, 11) is 4.02. The van der Waals surface area contributed by atoms with Gasteiger partial charge in [-0.1, -0.05) is 63.3 Å². The molecule has 4 heterocycles. The van der Waals surface area contributed by atoms with Crippen molar-refractivity contribution >= 4 is 45.2 Å². The van der Waals surface area contributed by atoms with E-state index in [2.05, 4.69) is 30.1 Å². The number of fused-ring (bicyclic) bond motifs is 8. The van der Waals surface area contributed by atoms with Crippen molar-refractivity contribution in [2.45, 2.75) is 98.9 Å². The number of ketones is 1. The summed E-state index contributed by atoms with van der Waals surface area (Å²) in [6, 6.07) is 13.3. The number of carbonyl (C=O) groups is 3. The number of anilines is 1. The van der Waals surface area contributed by atoms with Crippen LogP contribution in [0.25, 0.3) is 33.3 Å². The summed E-state index contributed by atoms with van der Waals surface area (Å²) >= 11 is 0. The number of rotatable bonds is 6. The molecule has 64 heavy (non-hydrogen) atoms. The lowest BCUT2D eigenvalue weighted by atomic mass is 9.86. The zero-order chi connectivity index (χ0) is 45.6. The van der Waals surface area contributed by atoms with E-state index in [9.17, 15) is 14.4 Å². The molecule has 0 radical (unpaired) electrons. The second-order valence-electron chi connectivity index (χ2n) is 18.0. The Morgan fingerprint density at radius 3 is 2.52 bits per heavy atom. The minimum Gasteiger partial charge on any atom is -0.489 e. The first-order chi connectivity index (χ1) is 30.5. The molecule has 0 saturated heterocycles. The molecule has 3 aromatic rings. The number of nitrogens with one attached hydrogen (secondary N) is 1. The first-order valence-electron chi connectivity index (χ1n) is 21.8. The zero-order valence-corrected chi connectivity index (χ0v) is 37.8. The topological polar surface area (TPSA) is 156 Å². The van der Waals surface area contributed by atoms with Gasteiger partial charge in [-0.05, 0) is 88.4 Å². The molecule has 1 amide bonds. The summed E-state index contributed by atoms with van der Waals surface area (Å²) in [6.07, 6.45) is 8.84. The van der Waals surface area contributed by atoms with Crippen LogP contribution in [0.1, 0.15) is 87.9 Å². The highest BCUT2D eigenvalue weighted by Crippen LogP contribution is 2.51. The molecule has 0 spiro atoms. The third-order valence-corrected chi connectivity index (χ3v) is 12.3. The fourth-order valence-electron chi connectivity index (χ4n) is 9.06. The third-order valence-electron chi connectivity index (χ3n) is 12.3. The molecule has 5 aliphatic rings. The first-order valence-corrected chi connectivity index (χ1v) is 21.8. The highest BCUT2D eigenvalue weighted by molar-refractivity contribution is 6.22. The molecule has 4 aliphatic heterocycles. The highest BCUT2D eigenvalue weighted by Gasteiger charge is 2.50. The fraction of sp³-hybridized carbons (Fsp3) is 0.392. The highest BCUT2D eigenvalue weighted by atomic mass is 16.7. The smallest absolute Gasteiger partial charge is 0.312 e. The van der Waals surface area contributed by atoms with E-state index in [0.29, 0.717) is 35.2 Å². The molecule has 0 aromatic heterocycles.